The number of nitrogen functional groups attached to an aromatic ring is 1. The second-order valence-corrected chi connectivity index (χ2v) is 7.40. The Balaban J connectivity index is 2.02. The number of rotatable bonds is 6. The number of benzene rings is 1. The summed E-state index contributed by atoms with van der Waals surface area (Å²) in [4.78, 5) is 40.8. The molecule has 0 bridgehead atoms. The minimum Gasteiger partial charge on any atom is -0.384 e. The molecule has 1 aliphatic rings. The highest BCUT2D eigenvalue weighted by atomic mass is 16.2. The first-order valence-corrected chi connectivity index (χ1v) is 9.88. The van der Waals surface area contributed by atoms with Crippen molar-refractivity contribution in [3.05, 3.63) is 62.3 Å². The summed E-state index contributed by atoms with van der Waals surface area (Å²) in [5, 5.41) is 0. The number of aromatic nitrogens is 2. The zero-order chi connectivity index (χ0) is 20.3. The van der Waals surface area contributed by atoms with E-state index >= 15 is 0 Å². The average molecular weight is 384 g/mol. The van der Waals surface area contributed by atoms with Crippen molar-refractivity contribution in [2.24, 2.45) is 0 Å². The topological polar surface area (TPSA) is 90.3 Å². The highest BCUT2D eigenvalue weighted by Crippen LogP contribution is 2.17. The molecule has 28 heavy (non-hydrogen) atoms. The summed E-state index contributed by atoms with van der Waals surface area (Å²) in [6, 6.07) is 9.68. The monoisotopic (exact) mass is 384 g/mol. The van der Waals surface area contributed by atoms with Gasteiger partial charge in [0.2, 0.25) is 0 Å². The summed E-state index contributed by atoms with van der Waals surface area (Å²) in [5.41, 5.74) is 5.93. The van der Waals surface area contributed by atoms with E-state index in [9.17, 15) is 14.4 Å². The van der Waals surface area contributed by atoms with Crippen molar-refractivity contribution >= 4 is 11.6 Å². The van der Waals surface area contributed by atoms with Crippen LogP contribution in [0.5, 0.6) is 0 Å². The first-order chi connectivity index (χ1) is 13.4. The number of nitrogens with two attached hydrogens (primary N) is 1. The van der Waals surface area contributed by atoms with Gasteiger partial charge in [0.05, 0.1) is 13.1 Å². The number of anilines is 1. The van der Waals surface area contributed by atoms with E-state index in [1.165, 1.54) is 4.57 Å². The van der Waals surface area contributed by atoms with E-state index in [1.807, 2.05) is 30.3 Å². The molecule has 2 N–H and O–H groups in total. The summed E-state index contributed by atoms with van der Waals surface area (Å²) in [5.74, 6) is -0.363. The number of nitrogens with zero attached hydrogens (tertiary/aromatic N) is 3. The first-order valence-electron chi connectivity index (χ1n) is 9.88. The van der Waals surface area contributed by atoms with E-state index in [-0.39, 0.29) is 36.8 Å². The molecule has 2 heterocycles. The molecule has 0 spiro atoms. The highest BCUT2D eigenvalue weighted by molar-refractivity contribution is 6.01. The zero-order valence-electron chi connectivity index (χ0n) is 16.6. The Morgan fingerprint density at radius 2 is 1.86 bits per heavy atom. The third-order valence-electron chi connectivity index (χ3n) is 5.53. The normalized spacial score (nSPS) is 17.6. The van der Waals surface area contributed by atoms with Crippen molar-refractivity contribution in [1.82, 2.24) is 14.0 Å². The molecule has 1 atom stereocenters. The molecule has 3 rings (SSSR count). The van der Waals surface area contributed by atoms with Crippen molar-refractivity contribution < 1.29 is 4.79 Å². The molecule has 1 saturated heterocycles. The van der Waals surface area contributed by atoms with Crippen LogP contribution in [-0.4, -0.2) is 38.9 Å². The van der Waals surface area contributed by atoms with E-state index in [2.05, 4.69) is 11.8 Å². The minimum absolute atomic E-state index is 0.0433. The molecule has 1 aromatic heterocycles. The van der Waals surface area contributed by atoms with Gasteiger partial charge in [-0.05, 0) is 38.8 Å². The van der Waals surface area contributed by atoms with Crippen LogP contribution >= 0.6 is 0 Å². The molecule has 0 amide bonds. The van der Waals surface area contributed by atoms with Crippen LogP contribution in [0.25, 0.3) is 0 Å². The molecule has 0 radical (unpaired) electrons. The molecule has 150 valence electrons. The summed E-state index contributed by atoms with van der Waals surface area (Å²) in [7, 11) is 0. The molecular formula is C21H28N4O3. The van der Waals surface area contributed by atoms with Crippen molar-refractivity contribution in [2.45, 2.75) is 52.2 Å². The Hall–Kier alpha value is -2.67. The Bertz CT molecular complexity index is 962. The molecule has 1 aliphatic heterocycles. The standard InChI is InChI=1S/C21H28N4O3/c1-3-24-20(27)18(17(26)14-23-12-8-7-9-15(23)2)19(22)25(21(24)28)13-16-10-5-4-6-11-16/h4-6,10-11,15H,3,7-9,12-14,22H2,1-2H3/t15-/m1/s1. The number of ketones is 1. The van der Waals surface area contributed by atoms with Crippen LogP contribution in [0.2, 0.25) is 0 Å². The van der Waals surface area contributed by atoms with E-state index < -0.39 is 11.2 Å². The largest absolute Gasteiger partial charge is 0.384 e. The van der Waals surface area contributed by atoms with E-state index in [0.717, 1.165) is 35.9 Å². The van der Waals surface area contributed by atoms with E-state index in [0.29, 0.717) is 6.04 Å². The fourth-order valence-corrected chi connectivity index (χ4v) is 3.83. The number of likely N-dealkylation sites (tertiary alicyclic amines) is 1. The Morgan fingerprint density at radius 1 is 1.14 bits per heavy atom. The molecule has 1 aromatic carbocycles. The van der Waals surface area contributed by atoms with Crippen LogP contribution in [-0.2, 0) is 13.1 Å². The molecule has 7 nitrogen and oxygen atoms in total. The van der Waals surface area contributed by atoms with Crippen molar-refractivity contribution in [1.29, 1.82) is 0 Å². The number of carbonyl (C=O) groups excluding carboxylic acids is 1. The summed E-state index contributed by atoms with van der Waals surface area (Å²) >= 11 is 0. The molecular weight excluding hydrogens is 356 g/mol. The number of hydrogen-bond acceptors (Lipinski definition) is 5. The van der Waals surface area contributed by atoms with Crippen LogP contribution in [0.1, 0.15) is 49.0 Å². The lowest BCUT2D eigenvalue weighted by Crippen LogP contribution is -2.46. The molecule has 7 heteroatoms. The van der Waals surface area contributed by atoms with Gasteiger partial charge in [-0.2, -0.15) is 0 Å². The maximum absolute atomic E-state index is 13.0. The molecule has 1 fully saturated rings. The number of carbonyl (C=O) groups is 1. The second-order valence-electron chi connectivity index (χ2n) is 7.40. The Labute approximate surface area is 164 Å². The van der Waals surface area contributed by atoms with Gasteiger partial charge in [0.25, 0.3) is 5.56 Å². The van der Waals surface area contributed by atoms with Crippen LogP contribution in [0.3, 0.4) is 0 Å². The van der Waals surface area contributed by atoms with Crippen molar-refractivity contribution in [3.8, 4) is 0 Å². The second kappa shape index (κ2) is 8.56. The first kappa shape index (κ1) is 20.1. The highest BCUT2D eigenvalue weighted by Gasteiger charge is 2.26. The van der Waals surface area contributed by atoms with Gasteiger partial charge in [0.15, 0.2) is 5.78 Å². The summed E-state index contributed by atoms with van der Waals surface area (Å²) in [6.45, 7) is 5.19. The molecule has 0 aliphatic carbocycles. The lowest BCUT2D eigenvalue weighted by molar-refractivity contribution is 0.0858. The van der Waals surface area contributed by atoms with Crippen molar-refractivity contribution in [2.75, 3.05) is 18.8 Å². The van der Waals surface area contributed by atoms with E-state index in [1.54, 1.807) is 6.92 Å². The fourth-order valence-electron chi connectivity index (χ4n) is 3.83. The third-order valence-corrected chi connectivity index (χ3v) is 5.53. The third kappa shape index (κ3) is 3.94. The van der Waals surface area contributed by atoms with Crippen molar-refractivity contribution in [3.63, 3.8) is 0 Å². The van der Waals surface area contributed by atoms with Gasteiger partial charge in [-0.1, -0.05) is 36.8 Å². The molecule has 0 saturated carbocycles. The van der Waals surface area contributed by atoms with Gasteiger partial charge < -0.3 is 5.73 Å². The summed E-state index contributed by atoms with van der Waals surface area (Å²) in [6.07, 6.45) is 3.23. The molecule has 0 unspecified atom stereocenters. The maximum Gasteiger partial charge on any atom is 0.332 e. The van der Waals surface area contributed by atoms with Crippen LogP contribution < -0.4 is 17.0 Å². The lowest BCUT2D eigenvalue weighted by atomic mass is 10.0. The van der Waals surface area contributed by atoms with Gasteiger partial charge in [-0.15, -0.1) is 0 Å². The number of hydrogen-bond donors (Lipinski definition) is 1. The number of piperidine rings is 1. The average Bonchev–Trinajstić information content (AvgIpc) is 2.68. The minimum atomic E-state index is -0.594. The van der Waals surface area contributed by atoms with Gasteiger partial charge in [-0.3, -0.25) is 23.6 Å². The smallest absolute Gasteiger partial charge is 0.332 e. The van der Waals surface area contributed by atoms with Crippen LogP contribution in [0.15, 0.2) is 39.9 Å². The lowest BCUT2D eigenvalue weighted by Gasteiger charge is -2.32. The van der Waals surface area contributed by atoms with Crippen LogP contribution in [0.4, 0.5) is 5.82 Å². The molecule has 2 aromatic rings. The van der Waals surface area contributed by atoms with Gasteiger partial charge in [0.1, 0.15) is 11.4 Å². The van der Waals surface area contributed by atoms with Gasteiger partial charge in [0, 0.05) is 12.6 Å². The zero-order valence-corrected chi connectivity index (χ0v) is 16.6. The summed E-state index contributed by atoms with van der Waals surface area (Å²) < 4.78 is 2.42. The Kier molecular flexibility index (Phi) is 6.14. The van der Waals surface area contributed by atoms with Crippen LogP contribution in [0, 0.1) is 0 Å². The van der Waals surface area contributed by atoms with E-state index in [4.69, 9.17) is 5.73 Å². The number of Topliss-reactive ketones (excluding diaryl/α,β-unsaturated/α-hetero) is 1. The Morgan fingerprint density at radius 3 is 2.50 bits per heavy atom. The maximum atomic E-state index is 13.0. The SMILES string of the molecule is CCn1c(=O)c(C(=O)CN2CCCC[C@H]2C)c(N)n(Cc2ccccc2)c1=O. The quantitative estimate of drug-likeness (QED) is 0.766. The van der Waals surface area contributed by atoms with Gasteiger partial charge in [-0.25, -0.2) is 4.79 Å². The van der Waals surface area contributed by atoms with Gasteiger partial charge >= 0.3 is 5.69 Å². The predicted octanol–water partition coefficient (Wildman–Crippen LogP) is 1.72. The fraction of sp³-hybridized carbons (Fsp3) is 0.476. The predicted molar refractivity (Wildman–Crippen MR) is 110 cm³/mol.